The first kappa shape index (κ1) is 72.3. The lowest BCUT2D eigenvalue weighted by atomic mass is 9.99. The minimum absolute atomic E-state index is 0.783. The summed E-state index contributed by atoms with van der Waals surface area (Å²) in [7, 11) is 4.56. The maximum absolute atomic E-state index is 2.80. The minimum atomic E-state index is 0.783. The van der Waals surface area contributed by atoms with Crippen molar-refractivity contribution in [2.24, 2.45) is 0 Å². The van der Waals surface area contributed by atoms with Gasteiger partial charge in [0.15, 0.2) is 0 Å². The molecule has 1 rings (SSSR count). The fraction of sp³-hybridized carbons (Fsp3) is 0.831. The van der Waals surface area contributed by atoms with E-state index in [1.54, 1.807) is 0 Å². The summed E-state index contributed by atoms with van der Waals surface area (Å²) in [4.78, 5) is 7.98. The third-order valence-electron chi connectivity index (χ3n) is 15.6. The Hall–Kier alpha value is -1.68. The van der Waals surface area contributed by atoms with Gasteiger partial charge in [-0.15, -0.1) is 0 Å². The first-order chi connectivity index (χ1) is 36.6. The lowest BCUT2D eigenvalue weighted by molar-refractivity contribution is 0.217. The summed E-state index contributed by atoms with van der Waals surface area (Å²) in [6.45, 7) is 17.1. The second-order valence-corrected chi connectivity index (χ2v) is 23.1. The van der Waals surface area contributed by atoms with Crippen molar-refractivity contribution in [1.82, 2.24) is 14.7 Å². The average molecular weight is 1030 g/mol. The quantitative estimate of drug-likeness (QED) is 0.0444. The van der Waals surface area contributed by atoms with E-state index in [4.69, 9.17) is 0 Å². The van der Waals surface area contributed by atoms with Gasteiger partial charge >= 0.3 is 0 Å². The molecule has 0 unspecified atom stereocenters. The number of rotatable bonds is 56. The van der Waals surface area contributed by atoms with E-state index in [1.165, 1.54) is 315 Å². The van der Waals surface area contributed by atoms with Gasteiger partial charge in [0, 0.05) is 19.1 Å². The zero-order chi connectivity index (χ0) is 53.6. The molecule has 1 heterocycles. The molecule has 3 nitrogen and oxygen atoms in total. The van der Waals surface area contributed by atoms with E-state index in [-0.39, 0.29) is 0 Å². The number of hydrogen-bond donors (Lipinski definition) is 0. The van der Waals surface area contributed by atoms with Gasteiger partial charge in [-0.1, -0.05) is 261 Å². The Balaban J connectivity index is 0.00000144. The largest absolute Gasteiger partial charge is 0.306 e. The van der Waals surface area contributed by atoms with E-state index in [9.17, 15) is 0 Å². The zero-order valence-corrected chi connectivity index (χ0v) is 51.6. The van der Waals surface area contributed by atoms with Crippen molar-refractivity contribution in [3.63, 3.8) is 0 Å². The van der Waals surface area contributed by atoms with Crippen LogP contribution in [0.4, 0.5) is 0 Å². The number of unbranched alkanes of at least 4 members (excludes halogenated alkanes) is 32. The van der Waals surface area contributed by atoms with Crippen molar-refractivity contribution in [1.29, 1.82) is 0 Å². The molecule has 0 spiro atoms. The topological polar surface area (TPSA) is 9.72 Å². The second kappa shape index (κ2) is 63.8. The Labute approximate surface area is 467 Å². The molecule has 3 heteroatoms. The molecule has 0 aliphatic carbocycles. The molecule has 0 saturated carbocycles. The van der Waals surface area contributed by atoms with Crippen LogP contribution in [0.2, 0.25) is 0 Å². The average Bonchev–Trinajstić information content (AvgIpc) is 3.94. The fourth-order valence-electron chi connectivity index (χ4n) is 10.5. The molecular weight excluding hydrogens is 895 g/mol. The molecule has 0 atom stereocenters. The van der Waals surface area contributed by atoms with E-state index >= 15 is 0 Å². The van der Waals surface area contributed by atoms with Gasteiger partial charge in [-0.3, -0.25) is 0 Å². The Morgan fingerprint density at radius 2 is 0.581 bits per heavy atom. The van der Waals surface area contributed by atoms with Crippen molar-refractivity contribution in [3.05, 3.63) is 72.9 Å². The first-order valence-electron chi connectivity index (χ1n) is 33.6. The van der Waals surface area contributed by atoms with E-state index in [0.717, 1.165) is 25.3 Å². The monoisotopic (exact) mass is 1030 g/mol. The number of hydrogen-bond acceptors (Lipinski definition) is 3. The first-order valence-corrected chi connectivity index (χ1v) is 33.6. The number of allylic oxidation sites excluding steroid dienone is 12. The summed E-state index contributed by atoms with van der Waals surface area (Å²) >= 11 is 0. The molecule has 74 heavy (non-hydrogen) atoms. The summed E-state index contributed by atoms with van der Waals surface area (Å²) in [6, 6.07) is 0.783. The van der Waals surface area contributed by atoms with Crippen molar-refractivity contribution < 1.29 is 0 Å². The van der Waals surface area contributed by atoms with Crippen LogP contribution < -0.4 is 0 Å². The van der Waals surface area contributed by atoms with Gasteiger partial charge in [0.25, 0.3) is 0 Å². The van der Waals surface area contributed by atoms with Gasteiger partial charge in [-0.25, -0.2) is 0 Å². The van der Waals surface area contributed by atoms with Gasteiger partial charge in [-0.2, -0.15) is 0 Å². The van der Waals surface area contributed by atoms with Crippen LogP contribution in [-0.2, 0) is 0 Å². The molecular formula is C71H135N3. The maximum Gasteiger partial charge on any atom is 0.0109 e. The normalized spacial score (nSPS) is 13.7. The highest BCUT2D eigenvalue weighted by atomic mass is 15.2. The summed E-state index contributed by atoms with van der Waals surface area (Å²) in [5, 5.41) is 0. The molecule has 0 bridgehead atoms. The third kappa shape index (κ3) is 58.0. The molecule has 1 saturated heterocycles. The Kier molecular flexibility index (Phi) is 62.4. The van der Waals surface area contributed by atoms with E-state index < -0.39 is 0 Å². The highest BCUT2D eigenvalue weighted by Crippen LogP contribution is 2.18. The molecule has 1 fully saturated rings. The van der Waals surface area contributed by atoms with Crippen LogP contribution in [0.3, 0.4) is 0 Å². The van der Waals surface area contributed by atoms with Crippen molar-refractivity contribution in [2.75, 3.05) is 53.4 Å². The Morgan fingerprint density at radius 1 is 0.311 bits per heavy atom. The summed E-state index contributed by atoms with van der Waals surface area (Å²) in [6.07, 6.45) is 90.9. The molecule has 0 amide bonds. The smallest absolute Gasteiger partial charge is 0.0109 e. The zero-order valence-electron chi connectivity index (χ0n) is 51.6. The van der Waals surface area contributed by atoms with E-state index in [1.807, 2.05) is 0 Å². The van der Waals surface area contributed by atoms with Crippen molar-refractivity contribution >= 4 is 0 Å². The highest BCUT2D eigenvalue weighted by molar-refractivity contribution is 4.94. The van der Waals surface area contributed by atoms with E-state index in [2.05, 4.69) is 129 Å². The van der Waals surface area contributed by atoms with Crippen LogP contribution in [0.15, 0.2) is 72.9 Å². The molecule has 1 aliphatic rings. The van der Waals surface area contributed by atoms with Crippen molar-refractivity contribution in [3.8, 4) is 0 Å². The number of nitrogens with zero attached hydrogens (tertiary/aromatic N) is 3. The van der Waals surface area contributed by atoms with Crippen LogP contribution in [0.5, 0.6) is 0 Å². The van der Waals surface area contributed by atoms with Gasteiger partial charge in [0.1, 0.15) is 0 Å². The highest BCUT2D eigenvalue weighted by Gasteiger charge is 2.14. The van der Waals surface area contributed by atoms with Gasteiger partial charge in [-0.05, 0) is 175 Å². The molecule has 434 valence electrons. The summed E-state index contributed by atoms with van der Waals surface area (Å²) in [5.74, 6) is 0. The second-order valence-electron chi connectivity index (χ2n) is 23.1. The van der Waals surface area contributed by atoms with Gasteiger partial charge in [0.05, 0.1) is 0 Å². The SMILES string of the molecule is CCCCC/C=C\C/C=C\CCCCCCCC(CCCCCCC/C=C\C/C=C\CCCCC)N(C)C.CCCCC/C=C\C/C=C\CCCCCCCCN(CCCCCCCCCC)CCN1CCCC1. The molecule has 0 radical (unpaired) electrons. The predicted molar refractivity (Wildman–Crippen MR) is 340 cm³/mol. The standard InChI is InChI=1S/C37H69N.C34H66N2/c1-5-7-9-11-13-15-17-19-21-23-25-27-29-31-33-35-37(38(3)4)36-34-32-30-28-26-24-22-20-18-16-14-12-10-8-6-2;1-3-5-7-9-11-13-14-15-16-17-18-19-20-22-24-26-30-35(33-34-36-31-27-28-32-36)29-25-23-21-12-10-8-6-4-2/h13-16,19-22,37H,5-12,17-18,23-36H2,1-4H3;11,13,15-16H,3-10,12,14,17-34H2,1-2H3/b15-13-,16-14-,21-19-,22-20-;13-11-,16-15-. The summed E-state index contributed by atoms with van der Waals surface area (Å²) in [5.41, 5.74) is 0. The molecule has 0 aromatic heterocycles. The van der Waals surface area contributed by atoms with Crippen molar-refractivity contribution in [2.45, 2.75) is 329 Å². The van der Waals surface area contributed by atoms with Gasteiger partial charge < -0.3 is 14.7 Å². The fourth-order valence-corrected chi connectivity index (χ4v) is 10.5. The molecule has 0 aromatic carbocycles. The molecule has 1 aliphatic heterocycles. The van der Waals surface area contributed by atoms with Crippen LogP contribution in [0.1, 0.15) is 323 Å². The lowest BCUT2D eigenvalue weighted by Gasteiger charge is -2.25. The number of likely N-dealkylation sites (tertiary alicyclic amines) is 1. The predicted octanol–water partition coefficient (Wildman–Crippen LogP) is 22.9. The van der Waals surface area contributed by atoms with Crippen LogP contribution >= 0.6 is 0 Å². The van der Waals surface area contributed by atoms with Gasteiger partial charge in [0.2, 0.25) is 0 Å². The van der Waals surface area contributed by atoms with Crippen LogP contribution in [0, 0.1) is 0 Å². The lowest BCUT2D eigenvalue weighted by Crippen LogP contribution is -2.35. The molecule has 0 N–H and O–H groups in total. The Bertz CT molecular complexity index is 1170. The van der Waals surface area contributed by atoms with Crippen LogP contribution in [0.25, 0.3) is 0 Å². The van der Waals surface area contributed by atoms with E-state index in [0.29, 0.717) is 0 Å². The Morgan fingerprint density at radius 3 is 0.905 bits per heavy atom. The van der Waals surface area contributed by atoms with Crippen LogP contribution in [-0.4, -0.2) is 74.1 Å². The minimum Gasteiger partial charge on any atom is -0.306 e. The summed E-state index contributed by atoms with van der Waals surface area (Å²) < 4.78 is 0. The maximum atomic E-state index is 2.80. The third-order valence-corrected chi connectivity index (χ3v) is 15.6. The molecule has 0 aromatic rings.